The van der Waals surface area contributed by atoms with Crippen molar-refractivity contribution >= 4 is 17.7 Å². The molecule has 0 N–H and O–H groups in total. The number of benzene rings is 1. The van der Waals surface area contributed by atoms with Gasteiger partial charge in [-0.15, -0.1) is 0 Å². The summed E-state index contributed by atoms with van der Waals surface area (Å²) in [6.45, 7) is 3.47. The Morgan fingerprint density at radius 2 is 1.95 bits per heavy atom. The lowest BCUT2D eigenvalue weighted by atomic mass is 10.0. The first-order valence-electron chi connectivity index (χ1n) is 6.28. The SMILES string of the molecule is CCOC(=O)Cc1cc(C#N)cc(CC)c1SC(F)(F)F. The van der Waals surface area contributed by atoms with Crippen LogP contribution in [0.2, 0.25) is 0 Å². The van der Waals surface area contributed by atoms with Crippen molar-refractivity contribution in [2.75, 3.05) is 6.61 Å². The lowest BCUT2D eigenvalue weighted by Crippen LogP contribution is -2.11. The number of halogens is 3. The Labute approximate surface area is 125 Å². The topological polar surface area (TPSA) is 50.1 Å². The summed E-state index contributed by atoms with van der Waals surface area (Å²) >= 11 is -0.259. The van der Waals surface area contributed by atoms with Crippen LogP contribution in [0.4, 0.5) is 13.2 Å². The van der Waals surface area contributed by atoms with Gasteiger partial charge in [0.05, 0.1) is 24.7 Å². The highest BCUT2D eigenvalue weighted by Gasteiger charge is 2.32. The summed E-state index contributed by atoms with van der Waals surface area (Å²) in [6.07, 6.45) is 0.0541. The van der Waals surface area contributed by atoms with Gasteiger partial charge in [0.15, 0.2) is 0 Å². The molecule has 3 nitrogen and oxygen atoms in total. The van der Waals surface area contributed by atoms with Crippen molar-refractivity contribution in [2.24, 2.45) is 0 Å². The van der Waals surface area contributed by atoms with E-state index in [0.29, 0.717) is 12.0 Å². The first-order chi connectivity index (χ1) is 9.80. The molecule has 0 unspecified atom stereocenters. The molecule has 0 fully saturated rings. The van der Waals surface area contributed by atoms with Crippen LogP contribution in [0.15, 0.2) is 17.0 Å². The van der Waals surface area contributed by atoms with Gasteiger partial charge >= 0.3 is 11.5 Å². The normalized spacial score (nSPS) is 11.0. The van der Waals surface area contributed by atoms with Crippen LogP contribution < -0.4 is 0 Å². The van der Waals surface area contributed by atoms with E-state index < -0.39 is 11.5 Å². The number of nitrogens with zero attached hydrogens (tertiary/aromatic N) is 1. The number of rotatable bonds is 5. The minimum atomic E-state index is -4.46. The summed E-state index contributed by atoms with van der Waals surface area (Å²) < 4.78 is 42.8. The van der Waals surface area contributed by atoms with Gasteiger partial charge in [0, 0.05) is 4.90 Å². The highest BCUT2D eigenvalue weighted by atomic mass is 32.2. The highest BCUT2D eigenvalue weighted by Crippen LogP contribution is 2.41. The molecular weight excluding hydrogens is 303 g/mol. The Hall–Kier alpha value is -1.68. The number of carbonyl (C=O) groups is 1. The first-order valence-corrected chi connectivity index (χ1v) is 7.09. The molecule has 1 rings (SSSR count). The fourth-order valence-corrected chi connectivity index (χ4v) is 2.66. The van der Waals surface area contributed by atoms with E-state index in [0.717, 1.165) is 0 Å². The molecule has 0 radical (unpaired) electrons. The number of esters is 1. The number of hydrogen-bond donors (Lipinski definition) is 0. The standard InChI is InChI=1S/C14H14F3NO2S/c1-3-10-5-9(8-18)6-11(7-12(19)20-4-2)13(10)21-14(15,16)17/h5-6H,3-4,7H2,1-2H3. The van der Waals surface area contributed by atoms with Crippen molar-refractivity contribution in [2.45, 2.75) is 37.1 Å². The zero-order valence-corrected chi connectivity index (χ0v) is 12.4. The highest BCUT2D eigenvalue weighted by molar-refractivity contribution is 8.00. The third kappa shape index (κ3) is 5.31. The number of carbonyl (C=O) groups excluding carboxylic acids is 1. The molecule has 0 spiro atoms. The number of thioether (sulfide) groups is 1. The van der Waals surface area contributed by atoms with Crippen molar-refractivity contribution in [3.8, 4) is 6.07 Å². The number of aryl methyl sites for hydroxylation is 1. The lowest BCUT2D eigenvalue weighted by Gasteiger charge is -2.15. The van der Waals surface area contributed by atoms with Crippen LogP contribution in [0.3, 0.4) is 0 Å². The van der Waals surface area contributed by atoms with Gasteiger partial charge in [-0.3, -0.25) is 4.79 Å². The molecule has 0 bridgehead atoms. The number of ether oxygens (including phenoxy) is 1. The average molecular weight is 317 g/mol. The maximum absolute atomic E-state index is 12.7. The van der Waals surface area contributed by atoms with E-state index >= 15 is 0 Å². The second-order valence-corrected chi connectivity index (χ2v) is 5.19. The summed E-state index contributed by atoms with van der Waals surface area (Å²) in [5.41, 5.74) is -3.65. The summed E-state index contributed by atoms with van der Waals surface area (Å²) in [7, 11) is 0. The largest absolute Gasteiger partial charge is 0.466 e. The number of alkyl halides is 3. The van der Waals surface area contributed by atoms with E-state index in [1.54, 1.807) is 13.8 Å². The predicted octanol–water partition coefficient (Wildman–Crippen LogP) is 3.84. The fourth-order valence-electron chi connectivity index (χ4n) is 1.83. The Balaban J connectivity index is 3.28. The van der Waals surface area contributed by atoms with E-state index in [2.05, 4.69) is 0 Å². The predicted molar refractivity (Wildman–Crippen MR) is 72.8 cm³/mol. The summed E-state index contributed by atoms with van der Waals surface area (Å²) in [5.74, 6) is -0.612. The minimum absolute atomic E-state index is 0.0166. The second kappa shape index (κ2) is 7.36. The molecular formula is C14H14F3NO2S. The van der Waals surface area contributed by atoms with Crippen LogP contribution in [-0.2, 0) is 22.4 Å². The van der Waals surface area contributed by atoms with Crippen molar-refractivity contribution in [3.05, 3.63) is 28.8 Å². The minimum Gasteiger partial charge on any atom is -0.466 e. The molecule has 0 saturated carbocycles. The van der Waals surface area contributed by atoms with E-state index in [-0.39, 0.29) is 40.8 Å². The lowest BCUT2D eigenvalue weighted by molar-refractivity contribution is -0.142. The van der Waals surface area contributed by atoms with Gasteiger partial charge in [-0.25, -0.2) is 0 Å². The molecule has 0 aliphatic carbocycles. The third-order valence-corrected chi connectivity index (χ3v) is 3.57. The number of hydrogen-bond acceptors (Lipinski definition) is 4. The molecule has 0 amide bonds. The molecule has 114 valence electrons. The van der Waals surface area contributed by atoms with Gasteiger partial charge in [0.1, 0.15) is 0 Å². The monoisotopic (exact) mass is 317 g/mol. The molecule has 0 aromatic heterocycles. The molecule has 0 atom stereocenters. The Morgan fingerprint density at radius 1 is 1.33 bits per heavy atom. The van der Waals surface area contributed by atoms with Gasteiger partial charge in [0.2, 0.25) is 0 Å². The first kappa shape index (κ1) is 17.4. The molecule has 1 aromatic carbocycles. The van der Waals surface area contributed by atoms with Crippen molar-refractivity contribution in [3.63, 3.8) is 0 Å². The smallest absolute Gasteiger partial charge is 0.446 e. The van der Waals surface area contributed by atoms with E-state index in [1.807, 2.05) is 6.07 Å². The fraction of sp³-hybridized carbons (Fsp3) is 0.429. The Morgan fingerprint density at radius 3 is 2.43 bits per heavy atom. The maximum Gasteiger partial charge on any atom is 0.446 e. The summed E-state index contributed by atoms with van der Waals surface area (Å²) in [4.78, 5) is 11.5. The van der Waals surface area contributed by atoms with Crippen LogP contribution in [-0.4, -0.2) is 18.1 Å². The van der Waals surface area contributed by atoms with Gasteiger partial charge in [-0.1, -0.05) is 6.92 Å². The number of nitriles is 1. The molecule has 21 heavy (non-hydrogen) atoms. The molecule has 1 aromatic rings. The Bertz CT molecular complexity index is 565. The van der Waals surface area contributed by atoms with Crippen molar-refractivity contribution < 1.29 is 22.7 Å². The molecule has 0 heterocycles. The summed E-state index contributed by atoms with van der Waals surface area (Å²) in [6, 6.07) is 4.62. The van der Waals surface area contributed by atoms with Crippen molar-refractivity contribution in [1.29, 1.82) is 5.26 Å². The zero-order chi connectivity index (χ0) is 16.0. The van der Waals surface area contributed by atoms with Gasteiger partial charge < -0.3 is 4.74 Å². The third-order valence-electron chi connectivity index (χ3n) is 2.61. The van der Waals surface area contributed by atoms with Gasteiger partial charge in [-0.05, 0) is 48.4 Å². The maximum atomic E-state index is 12.7. The van der Waals surface area contributed by atoms with Crippen LogP contribution in [0.25, 0.3) is 0 Å². The molecule has 0 aliphatic heterocycles. The van der Waals surface area contributed by atoms with E-state index in [4.69, 9.17) is 10.00 Å². The molecule has 0 aliphatic rings. The summed E-state index contributed by atoms with van der Waals surface area (Å²) in [5, 5.41) is 8.95. The second-order valence-electron chi connectivity index (χ2n) is 4.12. The van der Waals surface area contributed by atoms with Crippen LogP contribution >= 0.6 is 11.8 Å². The Kier molecular flexibility index (Phi) is 6.09. The van der Waals surface area contributed by atoms with Crippen LogP contribution in [0.5, 0.6) is 0 Å². The van der Waals surface area contributed by atoms with Crippen LogP contribution in [0, 0.1) is 11.3 Å². The zero-order valence-electron chi connectivity index (χ0n) is 11.6. The van der Waals surface area contributed by atoms with Gasteiger partial charge in [-0.2, -0.15) is 18.4 Å². The van der Waals surface area contributed by atoms with E-state index in [1.165, 1.54) is 12.1 Å². The molecule has 7 heteroatoms. The van der Waals surface area contributed by atoms with Crippen LogP contribution in [0.1, 0.15) is 30.5 Å². The van der Waals surface area contributed by atoms with Gasteiger partial charge in [0.25, 0.3) is 0 Å². The van der Waals surface area contributed by atoms with E-state index in [9.17, 15) is 18.0 Å². The quantitative estimate of drug-likeness (QED) is 0.611. The van der Waals surface area contributed by atoms with Crippen molar-refractivity contribution in [1.82, 2.24) is 0 Å². The average Bonchev–Trinajstić information content (AvgIpc) is 2.39. The molecule has 0 saturated heterocycles.